The molecule has 5 heteroatoms. The molecule has 1 aromatic rings. The third-order valence-corrected chi connectivity index (χ3v) is 4.26. The largest absolute Gasteiger partial charge is 0.356 e. The minimum atomic E-state index is -0.140. The van der Waals surface area contributed by atoms with E-state index in [4.69, 9.17) is 0 Å². The van der Waals surface area contributed by atoms with Gasteiger partial charge in [0, 0.05) is 20.1 Å². The summed E-state index contributed by atoms with van der Waals surface area (Å²) >= 11 is 0. The highest BCUT2D eigenvalue weighted by Crippen LogP contribution is 2.14. The van der Waals surface area contributed by atoms with Crippen LogP contribution in [-0.2, 0) is 6.42 Å². The summed E-state index contributed by atoms with van der Waals surface area (Å²) in [6, 6.07) is 6.91. The van der Waals surface area contributed by atoms with Crippen LogP contribution in [0.4, 0.5) is 4.39 Å². The quantitative estimate of drug-likeness (QED) is 0.644. The molecule has 1 aliphatic rings. The Hall–Kier alpha value is -1.62. The van der Waals surface area contributed by atoms with Gasteiger partial charge < -0.3 is 15.5 Å². The van der Waals surface area contributed by atoms with Crippen LogP contribution in [0.15, 0.2) is 29.3 Å². The zero-order valence-corrected chi connectivity index (χ0v) is 13.6. The summed E-state index contributed by atoms with van der Waals surface area (Å²) in [7, 11) is 3.94. The van der Waals surface area contributed by atoms with Gasteiger partial charge in [-0.1, -0.05) is 18.2 Å². The molecule has 0 atom stereocenters. The van der Waals surface area contributed by atoms with Crippen molar-refractivity contribution in [3.63, 3.8) is 0 Å². The van der Waals surface area contributed by atoms with Crippen LogP contribution in [0.5, 0.6) is 0 Å². The van der Waals surface area contributed by atoms with Crippen LogP contribution in [0, 0.1) is 11.7 Å². The molecule has 0 amide bonds. The van der Waals surface area contributed by atoms with Crippen LogP contribution >= 0.6 is 0 Å². The van der Waals surface area contributed by atoms with Crippen molar-refractivity contribution in [2.75, 3.05) is 40.3 Å². The summed E-state index contributed by atoms with van der Waals surface area (Å²) in [6.07, 6.45) is 3.12. The molecular weight excluding hydrogens is 279 g/mol. The topological polar surface area (TPSA) is 39.7 Å². The summed E-state index contributed by atoms with van der Waals surface area (Å²) in [6.45, 7) is 3.97. The zero-order valence-electron chi connectivity index (χ0n) is 13.6. The lowest BCUT2D eigenvalue weighted by molar-refractivity contribution is 0.220. The molecule has 4 nitrogen and oxygen atoms in total. The summed E-state index contributed by atoms with van der Waals surface area (Å²) in [5, 5.41) is 6.64. The van der Waals surface area contributed by atoms with Crippen molar-refractivity contribution in [2.45, 2.75) is 19.3 Å². The second-order valence-electron chi connectivity index (χ2n) is 5.97. The SMILES string of the molecule is CN=C(NCCc1ccccc1F)NCC1CCN(C)CC1. The zero-order chi connectivity index (χ0) is 15.8. The molecule has 122 valence electrons. The van der Waals surface area contributed by atoms with E-state index in [9.17, 15) is 4.39 Å². The second-order valence-corrected chi connectivity index (χ2v) is 5.97. The predicted octanol–water partition coefficient (Wildman–Crippen LogP) is 1.87. The Kier molecular flexibility index (Phi) is 6.65. The molecule has 1 fully saturated rings. The maximum atomic E-state index is 13.5. The Morgan fingerprint density at radius 2 is 2.00 bits per heavy atom. The predicted molar refractivity (Wildman–Crippen MR) is 89.7 cm³/mol. The van der Waals surface area contributed by atoms with E-state index in [1.165, 1.54) is 32.0 Å². The second kappa shape index (κ2) is 8.73. The van der Waals surface area contributed by atoms with Gasteiger partial charge in [0.25, 0.3) is 0 Å². The molecule has 0 radical (unpaired) electrons. The van der Waals surface area contributed by atoms with Crippen molar-refractivity contribution in [1.82, 2.24) is 15.5 Å². The van der Waals surface area contributed by atoms with Gasteiger partial charge in [0.1, 0.15) is 5.82 Å². The standard InChI is InChI=1S/C17H27FN4/c1-19-17(21-13-14-8-11-22(2)12-9-14)20-10-7-15-5-3-4-6-16(15)18/h3-6,14H,7-13H2,1-2H3,(H2,19,20,21). The van der Waals surface area contributed by atoms with Gasteiger partial charge in [0.15, 0.2) is 5.96 Å². The van der Waals surface area contributed by atoms with E-state index >= 15 is 0 Å². The normalized spacial score (nSPS) is 17.5. The molecule has 1 aromatic carbocycles. The summed E-state index contributed by atoms with van der Waals surface area (Å²) < 4.78 is 13.5. The Labute approximate surface area is 132 Å². The highest BCUT2D eigenvalue weighted by Gasteiger charge is 2.16. The Balaban J connectivity index is 1.68. The first kappa shape index (κ1) is 16.7. The first-order valence-corrected chi connectivity index (χ1v) is 8.05. The third-order valence-electron chi connectivity index (χ3n) is 4.26. The highest BCUT2D eigenvalue weighted by molar-refractivity contribution is 5.79. The van der Waals surface area contributed by atoms with Crippen molar-refractivity contribution in [2.24, 2.45) is 10.9 Å². The van der Waals surface area contributed by atoms with E-state index in [0.717, 1.165) is 18.1 Å². The fourth-order valence-corrected chi connectivity index (χ4v) is 2.74. The number of rotatable bonds is 5. The Bertz CT molecular complexity index is 481. The van der Waals surface area contributed by atoms with Crippen molar-refractivity contribution >= 4 is 5.96 Å². The van der Waals surface area contributed by atoms with E-state index < -0.39 is 0 Å². The molecule has 0 saturated carbocycles. The fraction of sp³-hybridized carbons (Fsp3) is 0.588. The maximum Gasteiger partial charge on any atom is 0.190 e. The first-order valence-electron chi connectivity index (χ1n) is 8.05. The van der Waals surface area contributed by atoms with Gasteiger partial charge >= 0.3 is 0 Å². The summed E-state index contributed by atoms with van der Waals surface area (Å²) in [4.78, 5) is 6.60. The number of hydrogen-bond donors (Lipinski definition) is 2. The third kappa shape index (κ3) is 5.30. The van der Waals surface area contributed by atoms with Gasteiger partial charge in [-0.25, -0.2) is 4.39 Å². The van der Waals surface area contributed by atoms with Crippen LogP contribution in [-0.4, -0.2) is 51.1 Å². The summed E-state index contributed by atoms with van der Waals surface area (Å²) in [5.74, 6) is 1.37. The maximum absolute atomic E-state index is 13.5. The molecule has 0 aliphatic carbocycles. The number of guanidine groups is 1. The van der Waals surface area contributed by atoms with Crippen molar-refractivity contribution in [3.8, 4) is 0 Å². The van der Waals surface area contributed by atoms with Crippen LogP contribution in [0.2, 0.25) is 0 Å². The first-order chi connectivity index (χ1) is 10.7. The molecule has 0 aromatic heterocycles. The van der Waals surface area contributed by atoms with Crippen molar-refractivity contribution in [1.29, 1.82) is 0 Å². The number of hydrogen-bond acceptors (Lipinski definition) is 2. The molecule has 1 saturated heterocycles. The average Bonchev–Trinajstić information content (AvgIpc) is 2.54. The van der Waals surface area contributed by atoms with Crippen LogP contribution in [0.25, 0.3) is 0 Å². The smallest absolute Gasteiger partial charge is 0.190 e. The molecule has 2 N–H and O–H groups in total. The van der Waals surface area contributed by atoms with E-state index in [1.807, 2.05) is 12.1 Å². The van der Waals surface area contributed by atoms with Gasteiger partial charge in [-0.05, 0) is 56.9 Å². The van der Waals surface area contributed by atoms with Crippen LogP contribution < -0.4 is 10.6 Å². The molecule has 1 heterocycles. The van der Waals surface area contributed by atoms with Crippen molar-refractivity contribution < 1.29 is 4.39 Å². The summed E-state index contributed by atoms with van der Waals surface area (Å²) in [5.41, 5.74) is 0.737. The number of nitrogens with zero attached hydrogens (tertiary/aromatic N) is 2. The number of benzene rings is 1. The van der Waals surface area contributed by atoms with Gasteiger partial charge in [-0.15, -0.1) is 0 Å². The Morgan fingerprint density at radius 3 is 2.68 bits per heavy atom. The molecule has 22 heavy (non-hydrogen) atoms. The molecule has 0 bridgehead atoms. The number of likely N-dealkylation sites (tertiary alicyclic amines) is 1. The van der Waals surface area contributed by atoms with E-state index in [-0.39, 0.29) is 5.82 Å². The van der Waals surface area contributed by atoms with Gasteiger partial charge in [-0.3, -0.25) is 4.99 Å². The number of nitrogens with one attached hydrogen (secondary N) is 2. The molecule has 1 aliphatic heterocycles. The molecule has 0 spiro atoms. The number of halogens is 1. The average molecular weight is 306 g/mol. The van der Waals surface area contributed by atoms with Crippen LogP contribution in [0.3, 0.4) is 0 Å². The fourth-order valence-electron chi connectivity index (χ4n) is 2.74. The molecule has 0 unspecified atom stereocenters. The van der Waals surface area contributed by atoms with E-state index in [0.29, 0.717) is 18.9 Å². The Morgan fingerprint density at radius 1 is 1.27 bits per heavy atom. The van der Waals surface area contributed by atoms with E-state index in [2.05, 4.69) is 27.6 Å². The number of piperidine rings is 1. The van der Waals surface area contributed by atoms with E-state index in [1.54, 1.807) is 13.1 Å². The highest BCUT2D eigenvalue weighted by atomic mass is 19.1. The van der Waals surface area contributed by atoms with Gasteiger partial charge in [0.05, 0.1) is 0 Å². The number of aliphatic imine (C=N–C) groups is 1. The lowest BCUT2D eigenvalue weighted by Crippen LogP contribution is -2.42. The van der Waals surface area contributed by atoms with Gasteiger partial charge in [0.2, 0.25) is 0 Å². The lowest BCUT2D eigenvalue weighted by Gasteiger charge is -2.29. The minimum Gasteiger partial charge on any atom is -0.356 e. The monoisotopic (exact) mass is 306 g/mol. The lowest BCUT2D eigenvalue weighted by atomic mass is 9.97. The molecular formula is C17H27FN4. The molecule has 2 rings (SSSR count). The van der Waals surface area contributed by atoms with Gasteiger partial charge in [-0.2, -0.15) is 0 Å². The van der Waals surface area contributed by atoms with Crippen LogP contribution in [0.1, 0.15) is 18.4 Å². The van der Waals surface area contributed by atoms with Crippen molar-refractivity contribution in [3.05, 3.63) is 35.6 Å². The minimum absolute atomic E-state index is 0.140.